The summed E-state index contributed by atoms with van der Waals surface area (Å²) >= 11 is 0. The van der Waals surface area contributed by atoms with Crippen LogP contribution in [-0.4, -0.2) is 40.5 Å². The Morgan fingerprint density at radius 2 is 1.75 bits per heavy atom. The van der Waals surface area contributed by atoms with Gasteiger partial charge in [-0.05, 0) is 45.0 Å². The van der Waals surface area contributed by atoms with Gasteiger partial charge in [0.15, 0.2) is 0 Å². The number of carbonyl (C=O) groups excluding carboxylic acids is 2. The number of nitrogens with zero attached hydrogens (tertiary/aromatic N) is 1. The van der Waals surface area contributed by atoms with Crippen molar-refractivity contribution in [3.8, 4) is 0 Å². The van der Waals surface area contributed by atoms with Crippen molar-refractivity contribution < 1.29 is 14.7 Å². The van der Waals surface area contributed by atoms with E-state index in [2.05, 4.69) is 5.32 Å². The van der Waals surface area contributed by atoms with Gasteiger partial charge in [0.1, 0.15) is 0 Å². The minimum atomic E-state index is -0.569. The van der Waals surface area contributed by atoms with Crippen LogP contribution in [0, 0.1) is 0 Å². The summed E-state index contributed by atoms with van der Waals surface area (Å²) in [4.78, 5) is 24.9. The molecule has 2 N–H and O–H groups in total. The molecule has 1 atom stereocenters. The van der Waals surface area contributed by atoms with Crippen LogP contribution in [0.2, 0.25) is 0 Å². The third-order valence-electron chi connectivity index (χ3n) is 2.80. The van der Waals surface area contributed by atoms with Gasteiger partial charge in [0.25, 0.3) is 5.91 Å². The molecule has 0 aliphatic rings. The number of hydrogen-bond donors (Lipinski definition) is 2. The minimum absolute atomic E-state index is 0.00659. The largest absolute Gasteiger partial charge is 0.392 e. The van der Waals surface area contributed by atoms with Gasteiger partial charge < -0.3 is 15.3 Å². The summed E-state index contributed by atoms with van der Waals surface area (Å²) in [6.45, 7) is 7.20. The summed E-state index contributed by atoms with van der Waals surface area (Å²) < 4.78 is 0. The molecule has 1 unspecified atom stereocenters. The topological polar surface area (TPSA) is 69.6 Å². The van der Waals surface area contributed by atoms with Crippen LogP contribution in [-0.2, 0) is 4.79 Å². The monoisotopic (exact) mass is 278 g/mol. The van der Waals surface area contributed by atoms with E-state index < -0.39 is 6.10 Å². The first-order valence-corrected chi connectivity index (χ1v) is 6.68. The molecule has 1 aromatic carbocycles. The summed E-state index contributed by atoms with van der Waals surface area (Å²) in [5.41, 5.74) is 1.19. The van der Waals surface area contributed by atoms with E-state index in [1.165, 1.54) is 6.92 Å². The molecule has 0 aliphatic heterocycles. The Hall–Kier alpha value is -1.88. The van der Waals surface area contributed by atoms with E-state index in [4.69, 9.17) is 0 Å². The van der Waals surface area contributed by atoms with Crippen molar-refractivity contribution in [1.29, 1.82) is 0 Å². The Balaban J connectivity index is 2.86. The predicted octanol–water partition coefficient (Wildman–Crippen LogP) is 1.88. The average Bonchev–Trinajstić information content (AvgIpc) is 2.35. The Morgan fingerprint density at radius 1 is 1.20 bits per heavy atom. The second-order valence-electron chi connectivity index (χ2n) is 5.16. The molecule has 5 heteroatoms. The average molecular weight is 278 g/mol. The maximum atomic E-state index is 12.4. The van der Waals surface area contributed by atoms with E-state index in [0.29, 0.717) is 17.8 Å². The van der Waals surface area contributed by atoms with E-state index in [-0.39, 0.29) is 17.9 Å². The van der Waals surface area contributed by atoms with E-state index >= 15 is 0 Å². The lowest BCUT2D eigenvalue weighted by molar-refractivity contribution is -0.114. The molecule has 0 aromatic heterocycles. The Morgan fingerprint density at radius 3 is 2.15 bits per heavy atom. The first-order valence-electron chi connectivity index (χ1n) is 6.68. The second kappa shape index (κ2) is 7.05. The van der Waals surface area contributed by atoms with Crippen LogP contribution in [0.25, 0.3) is 0 Å². The fourth-order valence-electron chi connectivity index (χ4n) is 1.88. The number of nitrogens with one attached hydrogen (secondary N) is 1. The van der Waals surface area contributed by atoms with E-state index in [9.17, 15) is 14.7 Å². The molecular weight excluding hydrogens is 256 g/mol. The van der Waals surface area contributed by atoms with Gasteiger partial charge in [0.2, 0.25) is 5.91 Å². The molecule has 0 aliphatic carbocycles. The van der Waals surface area contributed by atoms with Crippen LogP contribution in [0.3, 0.4) is 0 Å². The van der Waals surface area contributed by atoms with Crippen molar-refractivity contribution in [3.63, 3.8) is 0 Å². The van der Waals surface area contributed by atoms with Gasteiger partial charge in [0, 0.05) is 30.8 Å². The fraction of sp³-hybridized carbons (Fsp3) is 0.467. The molecular formula is C15H22N2O3. The van der Waals surface area contributed by atoms with Crippen LogP contribution in [0.4, 0.5) is 5.69 Å². The summed E-state index contributed by atoms with van der Waals surface area (Å²) in [5.74, 6) is -0.280. The fourth-order valence-corrected chi connectivity index (χ4v) is 1.88. The number of carbonyl (C=O) groups is 2. The summed E-state index contributed by atoms with van der Waals surface area (Å²) in [5, 5.41) is 12.1. The molecule has 5 nitrogen and oxygen atoms in total. The summed E-state index contributed by atoms with van der Waals surface area (Å²) in [6.07, 6.45) is -0.569. The molecule has 2 amide bonds. The van der Waals surface area contributed by atoms with Gasteiger partial charge in [-0.2, -0.15) is 0 Å². The van der Waals surface area contributed by atoms with E-state index in [1.807, 2.05) is 13.8 Å². The molecule has 0 bridgehead atoms. The predicted molar refractivity (Wildman–Crippen MR) is 78.6 cm³/mol. The zero-order valence-corrected chi connectivity index (χ0v) is 12.4. The minimum Gasteiger partial charge on any atom is -0.392 e. The smallest absolute Gasteiger partial charge is 0.254 e. The van der Waals surface area contributed by atoms with Crippen molar-refractivity contribution in [2.24, 2.45) is 0 Å². The third kappa shape index (κ3) is 4.66. The van der Waals surface area contributed by atoms with E-state index in [0.717, 1.165) is 0 Å². The van der Waals surface area contributed by atoms with Gasteiger partial charge in [0.05, 0.1) is 6.10 Å². The Labute approximate surface area is 119 Å². The third-order valence-corrected chi connectivity index (χ3v) is 2.80. The number of benzene rings is 1. The molecule has 20 heavy (non-hydrogen) atoms. The number of anilines is 1. The van der Waals surface area contributed by atoms with Gasteiger partial charge in [-0.3, -0.25) is 9.59 Å². The SMILES string of the molecule is CC(=O)Nc1ccc(C(=O)N(CC(C)O)C(C)C)cc1. The van der Waals surface area contributed by atoms with Crippen molar-refractivity contribution in [3.05, 3.63) is 29.8 Å². The number of aliphatic hydroxyl groups excluding tert-OH is 1. The highest BCUT2D eigenvalue weighted by molar-refractivity contribution is 5.95. The van der Waals surface area contributed by atoms with Crippen LogP contribution in [0.5, 0.6) is 0 Å². The number of rotatable bonds is 5. The maximum Gasteiger partial charge on any atom is 0.254 e. The van der Waals surface area contributed by atoms with Crippen LogP contribution in [0.1, 0.15) is 38.1 Å². The van der Waals surface area contributed by atoms with E-state index in [1.54, 1.807) is 36.1 Å². The van der Waals surface area contributed by atoms with Crippen LogP contribution in [0.15, 0.2) is 24.3 Å². The first kappa shape index (κ1) is 16.2. The van der Waals surface area contributed by atoms with Crippen molar-refractivity contribution in [1.82, 2.24) is 4.90 Å². The molecule has 0 heterocycles. The summed E-state index contributed by atoms with van der Waals surface area (Å²) in [6, 6.07) is 6.73. The van der Waals surface area contributed by atoms with Crippen molar-refractivity contribution in [2.75, 3.05) is 11.9 Å². The molecule has 0 radical (unpaired) electrons. The Bertz CT molecular complexity index is 467. The van der Waals surface area contributed by atoms with Crippen LogP contribution < -0.4 is 5.32 Å². The highest BCUT2D eigenvalue weighted by atomic mass is 16.3. The maximum absolute atomic E-state index is 12.4. The van der Waals surface area contributed by atoms with Crippen LogP contribution >= 0.6 is 0 Å². The molecule has 1 aromatic rings. The lowest BCUT2D eigenvalue weighted by atomic mass is 10.1. The lowest BCUT2D eigenvalue weighted by Gasteiger charge is -2.28. The van der Waals surface area contributed by atoms with Crippen molar-refractivity contribution >= 4 is 17.5 Å². The highest BCUT2D eigenvalue weighted by Crippen LogP contribution is 2.13. The number of hydrogen-bond acceptors (Lipinski definition) is 3. The normalized spacial score (nSPS) is 12.1. The summed E-state index contributed by atoms with van der Waals surface area (Å²) in [7, 11) is 0. The molecule has 0 saturated heterocycles. The quantitative estimate of drug-likeness (QED) is 0.864. The van der Waals surface area contributed by atoms with Gasteiger partial charge in [-0.25, -0.2) is 0 Å². The molecule has 110 valence electrons. The second-order valence-corrected chi connectivity index (χ2v) is 5.16. The first-order chi connectivity index (χ1) is 9.31. The van der Waals surface area contributed by atoms with Gasteiger partial charge >= 0.3 is 0 Å². The number of aliphatic hydroxyl groups is 1. The zero-order chi connectivity index (χ0) is 15.3. The molecule has 0 saturated carbocycles. The lowest BCUT2D eigenvalue weighted by Crippen LogP contribution is -2.41. The van der Waals surface area contributed by atoms with Gasteiger partial charge in [-0.1, -0.05) is 0 Å². The molecule has 0 fully saturated rings. The Kier molecular flexibility index (Phi) is 5.70. The standard InChI is InChI=1S/C15H22N2O3/c1-10(2)17(9-11(3)18)15(20)13-5-7-14(8-6-13)16-12(4)19/h5-8,10-11,18H,9H2,1-4H3,(H,16,19). The molecule has 0 spiro atoms. The highest BCUT2D eigenvalue weighted by Gasteiger charge is 2.20. The van der Waals surface area contributed by atoms with Crippen molar-refractivity contribution in [2.45, 2.75) is 39.8 Å². The molecule has 1 rings (SSSR count). The number of amides is 2. The zero-order valence-electron chi connectivity index (χ0n) is 12.4. The van der Waals surface area contributed by atoms with Gasteiger partial charge in [-0.15, -0.1) is 0 Å².